The van der Waals surface area contributed by atoms with E-state index >= 15 is 0 Å². The maximum Gasteiger partial charge on any atom is 0.296 e. The summed E-state index contributed by atoms with van der Waals surface area (Å²) in [4.78, 5) is 23.5. The molecule has 0 atom stereocenters. The molecule has 29 heavy (non-hydrogen) atoms. The summed E-state index contributed by atoms with van der Waals surface area (Å²) in [6.07, 6.45) is 1.59. The summed E-state index contributed by atoms with van der Waals surface area (Å²) in [7, 11) is 0. The molecule has 1 amide bonds. The van der Waals surface area contributed by atoms with E-state index in [1.165, 1.54) is 12.1 Å². The number of fused-ring (bicyclic) bond motifs is 3. The molecule has 0 bridgehead atoms. The van der Waals surface area contributed by atoms with Crippen LogP contribution >= 0.6 is 0 Å². The number of nitro groups is 1. The number of ether oxygens (including phenoxy) is 1. The van der Waals surface area contributed by atoms with E-state index in [0.29, 0.717) is 17.9 Å². The Kier molecular flexibility index (Phi) is 4.87. The van der Waals surface area contributed by atoms with E-state index in [1.54, 1.807) is 19.3 Å². The highest BCUT2D eigenvalue weighted by Crippen LogP contribution is 2.32. The molecule has 0 aliphatic rings. The zero-order chi connectivity index (χ0) is 20.4. The van der Waals surface area contributed by atoms with Crippen molar-refractivity contribution in [1.29, 1.82) is 0 Å². The van der Waals surface area contributed by atoms with Crippen LogP contribution in [-0.4, -0.2) is 17.4 Å². The van der Waals surface area contributed by atoms with E-state index in [-0.39, 0.29) is 23.7 Å². The number of carbonyl (C=O) groups is 1. The largest absolute Gasteiger partial charge is 0.494 e. The molecular weight excluding hydrogens is 372 g/mol. The molecule has 1 aromatic heterocycles. The first-order chi connectivity index (χ1) is 14.1. The van der Waals surface area contributed by atoms with Gasteiger partial charge in [0, 0.05) is 10.9 Å². The number of hydrogen-bond donors (Lipinski definition) is 1. The molecule has 1 N–H and O–H groups in total. The maximum atomic E-state index is 12.6. The molecule has 0 spiro atoms. The van der Waals surface area contributed by atoms with Crippen LogP contribution in [0.4, 0.5) is 11.4 Å². The van der Waals surface area contributed by atoms with Gasteiger partial charge in [0.05, 0.1) is 30.3 Å². The van der Waals surface area contributed by atoms with E-state index in [4.69, 9.17) is 9.15 Å². The van der Waals surface area contributed by atoms with Crippen LogP contribution < -0.4 is 10.1 Å². The van der Waals surface area contributed by atoms with Crippen molar-refractivity contribution in [3.8, 4) is 5.75 Å². The van der Waals surface area contributed by atoms with Crippen molar-refractivity contribution < 1.29 is 18.9 Å². The average molecular weight is 390 g/mol. The van der Waals surface area contributed by atoms with E-state index in [0.717, 1.165) is 21.7 Å². The average Bonchev–Trinajstić information content (AvgIpc) is 3.12. The normalized spacial score (nSPS) is 10.9. The first-order valence-corrected chi connectivity index (χ1v) is 9.15. The monoisotopic (exact) mass is 390 g/mol. The highest BCUT2D eigenvalue weighted by Gasteiger charge is 2.19. The second kappa shape index (κ2) is 7.63. The van der Waals surface area contributed by atoms with Gasteiger partial charge in [0.1, 0.15) is 17.0 Å². The van der Waals surface area contributed by atoms with Crippen molar-refractivity contribution in [3.05, 3.63) is 76.5 Å². The third-order valence-electron chi connectivity index (χ3n) is 4.64. The fraction of sp³-hybridized carbons (Fsp3) is 0.136. The Morgan fingerprint density at radius 2 is 2.00 bits per heavy atom. The van der Waals surface area contributed by atoms with Crippen LogP contribution in [0.5, 0.6) is 5.75 Å². The van der Waals surface area contributed by atoms with Gasteiger partial charge in [-0.2, -0.15) is 0 Å². The van der Waals surface area contributed by atoms with Gasteiger partial charge >= 0.3 is 0 Å². The fourth-order valence-electron chi connectivity index (χ4n) is 3.40. The third-order valence-corrected chi connectivity index (χ3v) is 4.64. The summed E-state index contributed by atoms with van der Waals surface area (Å²) >= 11 is 0. The zero-order valence-corrected chi connectivity index (χ0v) is 15.7. The second-order valence-electron chi connectivity index (χ2n) is 6.51. The van der Waals surface area contributed by atoms with Gasteiger partial charge < -0.3 is 14.5 Å². The van der Waals surface area contributed by atoms with Crippen LogP contribution in [0.15, 0.2) is 65.3 Å². The molecule has 146 valence electrons. The molecule has 0 unspecified atom stereocenters. The van der Waals surface area contributed by atoms with Crippen LogP contribution in [0.3, 0.4) is 0 Å². The van der Waals surface area contributed by atoms with Crippen LogP contribution in [0, 0.1) is 10.1 Å². The number of nitrogens with zero attached hydrogens (tertiary/aromatic N) is 1. The molecule has 0 fully saturated rings. The molecule has 0 saturated heterocycles. The Morgan fingerprint density at radius 1 is 1.17 bits per heavy atom. The summed E-state index contributed by atoms with van der Waals surface area (Å²) in [6, 6.07) is 16.1. The standard InChI is InChI=1S/C22H18N2O5/c1-2-28-16-8-9-18(19(12-16)24(26)27)23-21(25)11-15-13-29-20-10-7-14-5-3-4-6-17(14)22(15)20/h3-10,12-13H,2,11H2,1H3,(H,23,25). The molecule has 7 nitrogen and oxygen atoms in total. The van der Waals surface area contributed by atoms with Gasteiger partial charge in [0.15, 0.2) is 0 Å². The van der Waals surface area contributed by atoms with E-state index in [2.05, 4.69) is 5.32 Å². The van der Waals surface area contributed by atoms with Crippen molar-refractivity contribution in [1.82, 2.24) is 0 Å². The number of furan rings is 1. The van der Waals surface area contributed by atoms with Crippen molar-refractivity contribution in [2.75, 3.05) is 11.9 Å². The molecule has 1 heterocycles. The molecule has 0 radical (unpaired) electrons. The lowest BCUT2D eigenvalue weighted by Gasteiger charge is -2.08. The summed E-state index contributed by atoms with van der Waals surface area (Å²) in [5.74, 6) is 0.0115. The van der Waals surface area contributed by atoms with Gasteiger partial charge in [-0.15, -0.1) is 0 Å². The van der Waals surface area contributed by atoms with Gasteiger partial charge in [-0.25, -0.2) is 0 Å². The van der Waals surface area contributed by atoms with Gasteiger partial charge in [-0.05, 0) is 35.9 Å². The fourth-order valence-corrected chi connectivity index (χ4v) is 3.40. The van der Waals surface area contributed by atoms with E-state index in [9.17, 15) is 14.9 Å². The lowest BCUT2D eigenvalue weighted by Crippen LogP contribution is -2.15. The molecule has 0 saturated carbocycles. The number of amides is 1. The topological polar surface area (TPSA) is 94.6 Å². The first-order valence-electron chi connectivity index (χ1n) is 9.15. The summed E-state index contributed by atoms with van der Waals surface area (Å²) < 4.78 is 10.9. The predicted molar refractivity (Wildman–Crippen MR) is 110 cm³/mol. The second-order valence-corrected chi connectivity index (χ2v) is 6.51. The van der Waals surface area contributed by atoms with Gasteiger partial charge in [0.2, 0.25) is 5.91 Å². The van der Waals surface area contributed by atoms with Gasteiger partial charge in [0.25, 0.3) is 5.69 Å². The highest BCUT2D eigenvalue weighted by atomic mass is 16.6. The molecular formula is C22H18N2O5. The number of nitrogens with one attached hydrogen (secondary N) is 1. The Labute approximate surface area is 166 Å². The summed E-state index contributed by atoms with van der Waals surface area (Å²) in [5, 5.41) is 16.9. The lowest BCUT2D eigenvalue weighted by molar-refractivity contribution is -0.384. The van der Waals surface area contributed by atoms with Crippen molar-refractivity contribution >= 4 is 39.0 Å². The number of hydrogen-bond acceptors (Lipinski definition) is 5. The lowest BCUT2D eigenvalue weighted by atomic mass is 10.0. The van der Waals surface area contributed by atoms with Crippen LogP contribution in [0.1, 0.15) is 12.5 Å². The molecule has 7 heteroatoms. The van der Waals surface area contributed by atoms with E-state index in [1.807, 2.05) is 36.4 Å². The first kappa shape index (κ1) is 18.5. The molecule has 4 aromatic rings. The van der Waals surface area contributed by atoms with Crippen molar-refractivity contribution in [2.45, 2.75) is 13.3 Å². The highest BCUT2D eigenvalue weighted by molar-refractivity contribution is 6.09. The van der Waals surface area contributed by atoms with Crippen molar-refractivity contribution in [2.24, 2.45) is 0 Å². The SMILES string of the molecule is CCOc1ccc(NC(=O)Cc2coc3ccc4ccccc4c23)c([N+](=O)[O-])c1. The van der Waals surface area contributed by atoms with Crippen LogP contribution in [0.25, 0.3) is 21.7 Å². The minimum absolute atomic E-state index is 0.0331. The number of rotatable bonds is 6. The Hall–Kier alpha value is -3.87. The molecule has 3 aromatic carbocycles. The smallest absolute Gasteiger partial charge is 0.296 e. The Balaban J connectivity index is 1.63. The minimum Gasteiger partial charge on any atom is -0.494 e. The predicted octanol–water partition coefficient (Wildman–Crippen LogP) is 5.07. The summed E-state index contributed by atoms with van der Waals surface area (Å²) in [6.45, 7) is 2.19. The minimum atomic E-state index is -0.543. The quantitative estimate of drug-likeness (QED) is 0.366. The number of nitro benzene ring substituents is 1. The third kappa shape index (κ3) is 3.62. The molecule has 4 rings (SSSR count). The summed E-state index contributed by atoms with van der Waals surface area (Å²) in [5.41, 5.74) is 1.33. The Morgan fingerprint density at radius 3 is 2.79 bits per heavy atom. The zero-order valence-electron chi connectivity index (χ0n) is 15.7. The van der Waals surface area contributed by atoms with Gasteiger partial charge in [-0.3, -0.25) is 14.9 Å². The molecule has 0 aliphatic carbocycles. The maximum absolute atomic E-state index is 12.6. The van der Waals surface area contributed by atoms with E-state index < -0.39 is 4.92 Å². The van der Waals surface area contributed by atoms with Crippen LogP contribution in [-0.2, 0) is 11.2 Å². The van der Waals surface area contributed by atoms with Crippen LogP contribution in [0.2, 0.25) is 0 Å². The number of benzene rings is 3. The van der Waals surface area contributed by atoms with Crippen molar-refractivity contribution in [3.63, 3.8) is 0 Å². The number of anilines is 1. The molecule has 0 aliphatic heterocycles. The number of carbonyl (C=O) groups excluding carboxylic acids is 1. The Bertz CT molecular complexity index is 1230. The van der Waals surface area contributed by atoms with Gasteiger partial charge in [-0.1, -0.05) is 30.3 Å².